The summed E-state index contributed by atoms with van der Waals surface area (Å²) in [5.74, 6) is -0.0746. The van der Waals surface area contributed by atoms with Crippen molar-refractivity contribution in [1.29, 1.82) is 5.26 Å². The van der Waals surface area contributed by atoms with Crippen LogP contribution in [0.5, 0.6) is 11.6 Å². The van der Waals surface area contributed by atoms with Crippen molar-refractivity contribution < 1.29 is 9.53 Å². The van der Waals surface area contributed by atoms with Crippen LogP contribution >= 0.6 is 11.6 Å². The van der Waals surface area contributed by atoms with Gasteiger partial charge < -0.3 is 10.1 Å². The molecule has 2 heterocycles. The molecule has 0 radical (unpaired) electrons. The molecule has 0 atom stereocenters. The zero-order valence-corrected chi connectivity index (χ0v) is 18.9. The first-order chi connectivity index (χ1) is 16.0. The molecule has 0 aliphatic heterocycles. The van der Waals surface area contributed by atoms with Crippen molar-refractivity contribution in [2.24, 2.45) is 0 Å². The smallest absolute Gasteiger partial charge is 0.269 e. The molecule has 1 saturated carbocycles. The van der Waals surface area contributed by atoms with Gasteiger partial charge in [0.2, 0.25) is 5.88 Å². The Labute approximate surface area is 196 Å². The first-order valence-corrected chi connectivity index (χ1v) is 11.2. The van der Waals surface area contributed by atoms with E-state index >= 15 is 0 Å². The van der Waals surface area contributed by atoms with Crippen molar-refractivity contribution in [1.82, 2.24) is 14.7 Å². The number of aryl methyl sites for hydroxylation is 1. The SMILES string of the molecule is Cc1cccn2c(=O)c(C=C(C#N)C(=O)NC3CCCCC3)c(Oc3ccc(Cl)cc3)nc12. The maximum atomic E-state index is 13.3. The third-order valence-electron chi connectivity index (χ3n) is 5.67. The van der Waals surface area contributed by atoms with E-state index in [2.05, 4.69) is 10.3 Å². The van der Waals surface area contributed by atoms with Gasteiger partial charge in [0.15, 0.2) is 0 Å². The van der Waals surface area contributed by atoms with E-state index in [1.54, 1.807) is 36.5 Å². The molecule has 0 bridgehead atoms. The maximum Gasteiger partial charge on any atom is 0.269 e. The number of rotatable bonds is 5. The zero-order valence-electron chi connectivity index (χ0n) is 18.2. The van der Waals surface area contributed by atoms with Gasteiger partial charge in [-0.2, -0.15) is 10.2 Å². The number of nitriles is 1. The number of ether oxygens (including phenoxy) is 1. The van der Waals surface area contributed by atoms with Gasteiger partial charge in [-0.3, -0.25) is 14.0 Å². The van der Waals surface area contributed by atoms with Crippen molar-refractivity contribution >= 4 is 29.2 Å². The summed E-state index contributed by atoms with van der Waals surface area (Å²) in [4.78, 5) is 30.7. The van der Waals surface area contributed by atoms with E-state index in [-0.39, 0.29) is 23.1 Å². The number of hydrogen-bond donors (Lipinski definition) is 1. The van der Waals surface area contributed by atoms with E-state index in [1.165, 1.54) is 10.5 Å². The Kier molecular flexibility index (Phi) is 6.76. The fourth-order valence-electron chi connectivity index (χ4n) is 3.91. The van der Waals surface area contributed by atoms with E-state index in [0.717, 1.165) is 37.7 Å². The summed E-state index contributed by atoms with van der Waals surface area (Å²) < 4.78 is 7.29. The van der Waals surface area contributed by atoms with Crippen molar-refractivity contribution in [3.8, 4) is 17.7 Å². The van der Waals surface area contributed by atoms with Crippen LogP contribution in [0.3, 0.4) is 0 Å². The van der Waals surface area contributed by atoms with Gasteiger partial charge in [0, 0.05) is 17.3 Å². The second-order valence-corrected chi connectivity index (χ2v) is 8.49. The molecule has 1 aliphatic rings. The van der Waals surface area contributed by atoms with E-state index in [9.17, 15) is 14.9 Å². The monoisotopic (exact) mass is 462 g/mol. The molecule has 33 heavy (non-hydrogen) atoms. The number of fused-ring (bicyclic) bond motifs is 1. The number of halogens is 1. The normalized spacial score (nSPS) is 14.6. The number of nitrogens with one attached hydrogen (secondary N) is 1. The fourth-order valence-corrected chi connectivity index (χ4v) is 4.04. The number of aromatic nitrogens is 2. The molecule has 1 N–H and O–H groups in total. The van der Waals surface area contributed by atoms with Gasteiger partial charge >= 0.3 is 0 Å². The number of carbonyl (C=O) groups excluding carboxylic acids is 1. The molecule has 4 rings (SSSR count). The van der Waals surface area contributed by atoms with Crippen LogP contribution in [0.25, 0.3) is 11.7 Å². The lowest BCUT2D eigenvalue weighted by atomic mass is 9.95. The summed E-state index contributed by atoms with van der Waals surface area (Å²) >= 11 is 5.96. The molecule has 0 unspecified atom stereocenters. The quantitative estimate of drug-likeness (QED) is 0.433. The molecule has 2 aromatic heterocycles. The summed E-state index contributed by atoms with van der Waals surface area (Å²) in [5, 5.41) is 13.1. The lowest BCUT2D eigenvalue weighted by Crippen LogP contribution is -2.36. The van der Waals surface area contributed by atoms with Crippen molar-refractivity contribution in [2.75, 3.05) is 0 Å². The number of hydrogen-bond acceptors (Lipinski definition) is 5. The van der Waals surface area contributed by atoms with E-state index < -0.39 is 11.5 Å². The second-order valence-electron chi connectivity index (χ2n) is 8.05. The van der Waals surface area contributed by atoms with Crippen LogP contribution in [0.15, 0.2) is 53.0 Å². The Morgan fingerprint density at radius 2 is 1.97 bits per heavy atom. The van der Waals surface area contributed by atoms with E-state index in [4.69, 9.17) is 16.3 Å². The maximum absolute atomic E-state index is 13.3. The van der Waals surface area contributed by atoms with Crippen LogP contribution < -0.4 is 15.6 Å². The number of benzene rings is 1. The Morgan fingerprint density at radius 3 is 2.67 bits per heavy atom. The summed E-state index contributed by atoms with van der Waals surface area (Å²) in [6, 6.07) is 12.1. The molecule has 1 fully saturated rings. The number of pyridine rings is 1. The van der Waals surface area contributed by atoms with Gasteiger partial charge in [-0.25, -0.2) is 0 Å². The minimum atomic E-state index is -0.504. The summed E-state index contributed by atoms with van der Waals surface area (Å²) in [6.45, 7) is 1.84. The van der Waals surface area contributed by atoms with Crippen LogP contribution in [-0.2, 0) is 4.79 Å². The molecule has 168 valence electrons. The Balaban J connectivity index is 1.79. The van der Waals surface area contributed by atoms with Crippen LogP contribution in [-0.4, -0.2) is 21.3 Å². The third-order valence-corrected chi connectivity index (χ3v) is 5.92. The van der Waals surface area contributed by atoms with Crippen molar-refractivity contribution in [2.45, 2.75) is 45.1 Å². The lowest BCUT2D eigenvalue weighted by molar-refractivity contribution is -0.117. The van der Waals surface area contributed by atoms with Crippen LogP contribution in [0.1, 0.15) is 43.2 Å². The second kappa shape index (κ2) is 9.88. The Morgan fingerprint density at radius 1 is 1.24 bits per heavy atom. The lowest BCUT2D eigenvalue weighted by Gasteiger charge is -2.22. The molecule has 1 amide bonds. The fraction of sp³-hybridized carbons (Fsp3) is 0.280. The van der Waals surface area contributed by atoms with Crippen molar-refractivity contribution in [3.63, 3.8) is 0 Å². The highest BCUT2D eigenvalue weighted by molar-refractivity contribution is 6.30. The molecule has 3 aromatic rings. The number of nitrogens with zero attached hydrogens (tertiary/aromatic N) is 3. The van der Waals surface area contributed by atoms with E-state index in [0.29, 0.717) is 16.4 Å². The highest BCUT2D eigenvalue weighted by Gasteiger charge is 2.21. The predicted octanol–water partition coefficient (Wildman–Crippen LogP) is 4.80. The third kappa shape index (κ3) is 5.07. The predicted molar refractivity (Wildman–Crippen MR) is 126 cm³/mol. The average molecular weight is 463 g/mol. The largest absolute Gasteiger partial charge is 0.438 e. The minimum Gasteiger partial charge on any atom is -0.438 e. The average Bonchev–Trinajstić information content (AvgIpc) is 2.82. The topological polar surface area (TPSA) is 96.5 Å². The summed E-state index contributed by atoms with van der Waals surface area (Å²) in [5.41, 5.74) is 0.609. The van der Waals surface area contributed by atoms with Gasteiger partial charge in [0.25, 0.3) is 11.5 Å². The Bertz CT molecular complexity index is 1320. The summed E-state index contributed by atoms with van der Waals surface area (Å²) in [7, 11) is 0. The van der Waals surface area contributed by atoms with Crippen molar-refractivity contribution in [3.05, 3.63) is 74.7 Å². The van der Waals surface area contributed by atoms with E-state index in [1.807, 2.05) is 19.1 Å². The number of carbonyl (C=O) groups is 1. The first kappa shape index (κ1) is 22.6. The Hall–Kier alpha value is -3.63. The molecule has 7 nitrogen and oxygen atoms in total. The van der Waals surface area contributed by atoms with Gasteiger partial charge in [0.05, 0.1) is 0 Å². The van der Waals surface area contributed by atoms with Crippen LogP contribution in [0, 0.1) is 18.3 Å². The first-order valence-electron chi connectivity index (χ1n) is 10.8. The number of amides is 1. The van der Waals surface area contributed by atoms with Gasteiger partial charge in [-0.15, -0.1) is 0 Å². The molecule has 1 aliphatic carbocycles. The molecular weight excluding hydrogens is 440 g/mol. The van der Waals surface area contributed by atoms with Crippen LogP contribution in [0.4, 0.5) is 0 Å². The van der Waals surface area contributed by atoms with Crippen LogP contribution in [0.2, 0.25) is 5.02 Å². The molecule has 0 spiro atoms. The molecular formula is C25H23ClN4O3. The highest BCUT2D eigenvalue weighted by atomic mass is 35.5. The summed E-state index contributed by atoms with van der Waals surface area (Å²) in [6.07, 6.45) is 7.86. The minimum absolute atomic E-state index is 0.00911. The zero-order chi connectivity index (χ0) is 23.4. The molecule has 1 aromatic carbocycles. The van der Waals surface area contributed by atoms with Gasteiger partial charge in [-0.05, 0) is 61.7 Å². The standard InChI is InChI=1S/C25H23ClN4O3/c1-16-6-5-13-30-22(16)29-24(33-20-11-9-18(26)10-12-20)21(25(30)32)14-17(15-27)23(31)28-19-7-3-2-4-8-19/h5-6,9-14,19H,2-4,7-8H2,1H3,(H,28,31). The molecule has 0 saturated heterocycles. The highest BCUT2D eigenvalue weighted by Crippen LogP contribution is 2.26. The van der Waals surface area contributed by atoms with Gasteiger partial charge in [-0.1, -0.05) is 36.9 Å². The van der Waals surface area contributed by atoms with Gasteiger partial charge in [0.1, 0.15) is 28.6 Å². The molecule has 8 heteroatoms.